The van der Waals surface area contributed by atoms with E-state index < -0.39 is 24.0 Å². The van der Waals surface area contributed by atoms with Gasteiger partial charge in [0.1, 0.15) is 18.2 Å². The van der Waals surface area contributed by atoms with Crippen LogP contribution in [0, 0.1) is 0 Å². The van der Waals surface area contributed by atoms with E-state index in [4.69, 9.17) is 15.2 Å². The first-order valence-electron chi connectivity index (χ1n) is 5.21. The van der Waals surface area contributed by atoms with Gasteiger partial charge in [0.05, 0.1) is 6.61 Å². The third kappa shape index (κ3) is 2.91. The van der Waals surface area contributed by atoms with Crippen molar-refractivity contribution < 1.29 is 19.4 Å². The topological polar surface area (TPSA) is 85.0 Å². The molecule has 0 unspecified atom stereocenters. The molecular weight excluding hydrogens is 212 g/mol. The molecule has 6 heteroatoms. The average molecular weight is 232 g/mol. The molecular formula is C10H20N2O4. The summed E-state index contributed by atoms with van der Waals surface area (Å²) in [7, 11) is 3.18. The number of amides is 1. The molecule has 0 radical (unpaired) electrons. The Bertz CT molecular complexity index is 268. The number of hydrogen-bond acceptors (Lipinski definition) is 5. The van der Waals surface area contributed by atoms with E-state index in [1.165, 1.54) is 4.90 Å². The Morgan fingerprint density at radius 2 is 2.12 bits per heavy atom. The number of ether oxygens (including phenoxy) is 2. The second kappa shape index (κ2) is 4.67. The van der Waals surface area contributed by atoms with Gasteiger partial charge in [0.15, 0.2) is 5.79 Å². The minimum absolute atomic E-state index is 0.239. The summed E-state index contributed by atoms with van der Waals surface area (Å²) in [5, 5.41) is 9.89. The lowest BCUT2D eigenvalue weighted by molar-refractivity contribution is -0.157. The van der Waals surface area contributed by atoms with E-state index in [0.717, 1.165) is 0 Å². The van der Waals surface area contributed by atoms with E-state index in [-0.39, 0.29) is 12.5 Å². The Balaban J connectivity index is 2.58. The Labute approximate surface area is 95.3 Å². The normalized spacial score (nSPS) is 27.5. The number of nitrogens with zero attached hydrogens (tertiary/aromatic N) is 1. The van der Waals surface area contributed by atoms with E-state index >= 15 is 0 Å². The number of likely N-dealkylation sites (N-methyl/N-ethyl adjacent to an activating group) is 1. The van der Waals surface area contributed by atoms with Gasteiger partial charge in [-0.15, -0.1) is 0 Å². The van der Waals surface area contributed by atoms with Crippen molar-refractivity contribution in [2.75, 3.05) is 20.7 Å². The first-order chi connectivity index (χ1) is 7.24. The van der Waals surface area contributed by atoms with Crippen molar-refractivity contribution in [3.05, 3.63) is 0 Å². The molecule has 0 aliphatic carbocycles. The van der Waals surface area contributed by atoms with Crippen molar-refractivity contribution in [2.24, 2.45) is 5.73 Å². The first-order valence-corrected chi connectivity index (χ1v) is 5.21. The Morgan fingerprint density at radius 3 is 2.50 bits per heavy atom. The number of aliphatic hydroxyl groups is 1. The molecule has 0 spiro atoms. The maximum absolute atomic E-state index is 11.5. The second-order valence-electron chi connectivity index (χ2n) is 4.62. The standard InChI is InChI=1S/C10H20N2O4/c1-10(2)15-5-6(16-10)8(13)7(11)9(14)12(3)4/h6-8,13H,5,11H2,1-4H3/t6-,7-,8-/m1/s1. The molecule has 0 bridgehead atoms. The van der Waals surface area contributed by atoms with E-state index in [1.807, 2.05) is 0 Å². The zero-order chi connectivity index (χ0) is 12.5. The largest absolute Gasteiger partial charge is 0.388 e. The van der Waals surface area contributed by atoms with E-state index in [9.17, 15) is 9.90 Å². The van der Waals surface area contributed by atoms with Crippen LogP contribution in [0.5, 0.6) is 0 Å². The van der Waals surface area contributed by atoms with Gasteiger partial charge < -0.3 is 25.2 Å². The summed E-state index contributed by atoms with van der Waals surface area (Å²) in [6, 6.07) is -0.988. The van der Waals surface area contributed by atoms with Crippen LogP contribution in [0.4, 0.5) is 0 Å². The summed E-state index contributed by atoms with van der Waals surface area (Å²) < 4.78 is 10.7. The molecule has 1 amide bonds. The molecule has 0 aromatic heterocycles. The molecule has 0 aromatic rings. The smallest absolute Gasteiger partial charge is 0.241 e. The summed E-state index contributed by atoms with van der Waals surface area (Å²) in [5.41, 5.74) is 5.65. The fraction of sp³-hybridized carbons (Fsp3) is 0.900. The Morgan fingerprint density at radius 1 is 1.56 bits per heavy atom. The van der Waals surface area contributed by atoms with Gasteiger partial charge >= 0.3 is 0 Å². The lowest BCUT2D eigenvalue weighted by Gasteiger charge is -2.25. The highest BCUT2D eigenvalue weighted by atomic mass is 16.7. The molecule has 0 saturated carbocycles. The maximum atomic E-state index is 11.5. The number of carbonyl (C=O) groups excluding carboxylic acids is 1. The molecule has 1 rings (SSSR count). The molecule has 0 aromatic carbocycles. The number of aliphatic hydroxyl groups excluding tert-OH is 1. The summed E-state index contributed by atoms with van der Waals surface area (Å²) in [5.74, 6) is -1.06. The minimum Gasteiger partial charge on any atom is -0.388 e. The van der Waals surface area contributed by atoms with Crippen molar-refractivity contribution in [3.8, 4) is 0 Å². The van der Waals surface area contributed by atoms with Crippen LogP contribution in [0.25, 0.3) is 0 Å². The maximum Gasteiger partial charge on any atom is 0.241 e. The molecule has 1 heterocycles. The van der Waals surface area contributed by atoms with Crippen molar-refractivity contribution in [1.29, 1.82) is 0 Å². The number of rotatable bonds is 3. The van der Waals surface area contributed by atoms with E-state index in [0.29, 0.717) is 0 Å². The van der Waals surface area contributed by atoms with Crippen LogP contribution in [-0.2, 0) is 14.3 Å². The SMILES string of the molecule is CN(C)C(=O)[C@H](N)[C@H](O)[C@H]1COC(C)(C)O1. The monoisotopic (exact) mass is 232 g/mol. The highest BCUT2D eigenvalue weighted by Gasteiger charge is 2.40. The zero-order valence-electron chi connectivity index (χ0n) is 10.1. The predicted molar refractivity (Wildman–Crippen MR) is 57.6 cm³/mol. The molecule has 3 atom stereocenters. The van der Waals surface area contributed by atoms with Crippen LogP contribution in [0.1, 0.15) is 13.8 Å². The van der Waals surface area contributed by atoms with Crippen LogP contribution in [-0.4, -0.2) is 60.7 Å². The van der Waals surface area contributed by atoms with Gasteiger partial charge in [0.25, 0.3) is 0 Å². The first kappa shape index (κ1) is 13.4. The molecule has 6 nitrogen and oxygen atoms in total. The fourth-order valence-electron chi connectivity index (χ4n) is 1.56. The van der Waals surface area contributed by atoms with Gasteiger partial charge in [-0.25, -0.2) is 0 Å². The van der Waals surface area contributed by atoms with Gasteiger partial charge in [0.2, 0.25) is 5.91 Å². The third-order valence-corrected chi connectivity index (χ3v) is 2.51. The lowest BCUT2D eigenvalue weighted by atomic mass is 10.1. The van der Waals surface area contributed by atoms with Crippen molar-refractivity contribution in [2.45, 2.75) is 37.9 Å². The van der Waals surface area contributed by atoms with E-state index in [1.54, 1.807) is 27.9 Å². The van der Waals surface area contributed by atoms with Gasteiger partial charge in [-0.1, -0.05) is 0 Å². The number of hydrogen-bond donors (Lipinski definition) is 2. The van der Waals surface area contributed by atoms with Crippen molar-refractivity contribution in [1.82, 2.24) is 4.90 Å². The summed E-state index contributed by atoms with van der Waals surface area (Å²) in [4.78, 5) is 12.9. The predicted octanol–water partition coefficient (Wildman–Crippen LogP) is -1.09. The molecule has 1 fully saturated rings. The highest BCUT2D eigenvalue weighted by Crippen LogP contribution is 2.25. The average Bonchev–Trinajstić information content (AvgIpc) is 2.55. The molecule has 3 N–H and O–H groups in total. The Hall–Kier alpha value is -0.690. The lowest BCUT2D eigenvalue weighted by Crippen LogP contribution is -2.53. The number of nitrogens with two attached hydrogens (primary N) is 1. The molecule has 1 aliphatic rings. The third-order valence-electron chi connectivity index (χ3n) is 2.51. The van der Waals surface area contributed by atoms with Gasteiger partial charge in [0, 0.05) is 14.1 Å². The van der Waals surface area contributed by atoms with Crippen molar-refractivity contribution >= 4 is 5.91 Å². The van der Waals surface area contributed by atoms with Crippen LogP contribution in [0.15, 0.2) is 0 Å². The molecule has 1 saturated heterocycles. The molecule has 16 heavy (non-hydrogen) atoms. The quantitative estimate of drug-likeness (QED) is 0.646. The van der Waals surface area contributed by atoms with Crippen molar-refractivity contribution in [3.63, 3.8) is 0 Å². The number of carbonyl (C=O) groups is 1. The second-order valence-corrected chi connectivity index (χ2v) is 4.62. The van der Waals surface area contributed by atoms with Crippen LogP contribution < -0.4 is 5.73 Å². The van der Waals surface area contributed by atoms with Gasteiger partial charge in [-0.05, 0) is 13.8 Å². The van der Waals surface area contributed by atoms with Crippen LogP contribution in [0.3, 0.4) is 0 Å². The summed E-state index contributed by atoms with van der Waals surface area (Å²) in [6.45, 7) is 3.74. The summed E-state index contributed by atoms with van der Waals surface area (Å²) >= 11 is 0. The molecule has 94 valence electrons. The molecule has 1 aliphatic heterocycles. The minimum atomic E-state index is -1.06. The highest BCUT2D eigenvalue weighted by molar-refractivity contribution is 5.81. The summed E-state index contributed by atoms with van der Waals surface area (Å²) in [6.07, 6.45) is -1.62. The van der Waals surface area contributed by atoms with Crippen LogP contribution >= 0.6 is 0 Å². The van der Waals surface area contributed by atoms with Gasteiger partial charge in [-0.3, -0.25) is 4.79 Å². The van der Waals surface area contributed by atoms with E-state index in [2.05, 4.69) is 0 Å². The zero-order valence-corrected chi connectivity index (χ0v) is 10.1. The van der Waals surface area contributed by atoms with Crippen LogP contribution in [0.2, 0.25) is 0 Å². The fourth-order valence-corrected chi connectivity index (χ4v) is 1.56. The Kier molecular flexibility index (Phi) is 3.90. The van der Waals surface area contributed by atoms with Gasteiger partial charge in [-0.2, -0.15) is 0 Å².